The highest BCUT2D eigenvalue weighted by Crippen LogP contribution is 2.38. The van der Waals surface area contributed by atoms with E-state index in [1.165, 1.54) is 33.5 Å². The zero-order valence-corrected chi connectivity index (χ0v) is 15.8. The van der Waals surface area contributed by atoms with Gasteiger partial charge in [-0.25, -0.2) is 0 Å². The smallest absolute Gasteiger partial charge is 0.229 e. The van der Waals surface area contributed by atoms with Crippen molar-refractivity contribution >= 4 is 16.7 Å². The Hall–Kier alpha value is -3.22. The van der Waals surface area contributed by atoms with Crippen LogP contribution in [-0.2, 0) is 0 Å². The second kappa shape index (κ2) is 7.19. The van der Waals surface area contributed by atoms with E-state index in [9.17, 15) is 9.18 Å². The van der Waals surface area contributed by atoms with Gasteiger partial charge in [0, 0.05) is 19.7 Å². The first-order valence-electron chi connectivity index (χ1n) is 8.16. The van der Waals surface area contributed by atoms with E-state index in [1.54, 1.807) is 18.2 Å². The lowest BCUT2D eigenvalue weighted by molar-refractivity contribution is 0.352. The van der Waals surface area contributed by atoms with E-state index in [-0.39, 0.29) is 22.5 Å². The first kappa shape index (κ1) is 18.6. The van der Waals surface area contributed by atoms with Crippen LogP contribution < -0.4 is 24.5 Å². The molecule has 142 valence electrons. The van der Waals surface area contributed by atoms with Crippen LogP contribution in [0.2, 0.25) is 0 Å². The first-order valence-corrected chi connectivity index (χ1v) is 8.16. The van der Waals surface area contributed by atoms with Gasteiger partial charge >= 0.3 is 0 Å². The van der Waals surface area contributed by atoms with Crippen LogP contribution in [0.1, 0.15) is 0 Å². The predicted octanol–water partition coefficient (Wildman–Crippen LogP) is 3.69. The molecule has 1 aromatic heterocycles. The van der Waals surface area contributed by atoms with Gasteiger partial charge in [0.25, 0.3) is 0 Å². The predicted molar refractivity (Wildman–Crippen MR) is 102 cm³/mol. The van der Waals surface area contributed by atoms with E-state index in [0.29, 0.717) is 17.1 Å². The van der Waals surface area contributed by atoms with Crippen molar-refractivity contribution in [3.05, 3.63) is 46.4 Å². The van der Waals surface area contributed by atoms with Crippen molar-refractivity contribution in [2.75, 3.05) is 40.3 Å². The molecule has 0 fully saturated rings. The van der Waals surface area contributed by atoms with E-state index in [0.717, 1.165) is 5.69 Å². The highest BCUT2D eigenvalue weighted by molar-refractivity contribution is 5.87. The molecule has 2 aromatic carbocycles. The summed E-state index contributed by atoms with van der Waals surface area (Å²) in [7, 11) is 8.15. The summed E-state index contributed by atoms with van der Waals surface area (Å²) in [6.45, 7) is 0. The van der Waals surface area contributed by atoms with Crippen LogP contribution in [0.3, 0.4) is 0 Å². The number of hydrogen-bond donors (Lipinski definition) is 0. The number of fused-ring (bicyclic) bond motifs is 1. The normalized spacial score (nSPS) is 10.7. The van der Waals surface area contributed by atoms with Crippen molar-refractivity contribution in [1.82, 2.24) is 0 Å². The molecule has 0 atom stereocenters. The second-order valence-corrected chi connectivity index (χ2v) is 6.03. The zero-order chi connectivity index (χ0) is 19.7. The van der Waals surface area contributed by atoms with Gasteiger partial charge in [0.15, 0.2) is 17.1 Å². The minimum atomic E-state index is -0.977. The van der Waals surface area contributed by atoms with Crippen molar-refractivity contribution < 1.29 is 23.0 Å². The topological polar surface area (TPSA) is 61.1 Å². The summed E-state index contributed by atoms with van der Waals surface area (Å²) in [6.07, 6.45) is 0. The maximum absolute atomic E-state index is 14.8. The summed E-state index contributed by atoms with van der Waals surface area (Å²) >= 11 is 0. The molecule has 27 heavy (non-hydrogen) atoms. The molecule has 0 radical (unpaired) electrons. The minimum Gasteiger partial charge on any atom is -0.495 e. The standard InChI is InChI=1S/C20H20FNO5/c1-22(2)13-8-6-11(10-15(13)25-4)18-16(21)17(23)12-7-9-14(24-3)20(26-5)19(12)27-18/h6-10H,1-5H3. The Bertz CT molecular complexity index is 1060. The molecule has 0 saturated carbocycles. The highest BCUT2D eigenvalue weighted by Gasteiger charge is 2.21. The molecule has 6 nitrogen and oxygen atoms in total. The van der Waals surface area contributed by atoms with Crippen molar-refractivity contribution in [1.29, 1.82) is 0 Å². The Morgan fingerprint density at radius 1 is 0.963 bits per heavy atom. The third-order valence-electron chi connectivity index (χ3n) is 4.27. The third-order valence-corrected chi connectivity index (χ3v) is 4.27. The van der Waals surface area contributed by atoms with E-state index in [4.69, 9.17) is 18.6 Å². The van der Waals surface area contributed by atoms with E-state index in [1.807, 2.05) is 19.0 Å². The van der Waals surface area contributed by atoms with Crippen LogP contribution in [0.25, 0.3) is 22.3 Å². The summed E-state index contributed by atoms with van der Waals surface area (Å²) < 4.78 is 36.5. The van der Waals surface area contributed by atoms with Gasteiger partial charge < -0.3 is 23.5 Å². The Kier molecular flexibility index (Phi) is 4.94. The zero-order valence-electron chi connectivity index (χ0n) is 15.8. The van der Waals surface area contributed by atoms with Crippen LogP contribution in [0.4, 0.5) is 10.1 Å². The average Bonchev–Trinajstić information content (AvgIpc) is 2.68. The Labute approximate surface area is 155 Å². The molecule has 0 aliphatic rings. The molecule has 0 bridgehead atoms. The molecule has 0 unspecified atom stereocenters. The van der Waals surface area contributed by atoms with E-state index < -0.39 is 11.2 Å². The van der Waals surface area contributed by atoms with E-state index in [2.05, 4.69) is 0 Å². The van der Waals surface area contributed by atoms with Gasteiger partial charge in [0.2, 0.25) is 17.0 Å². The molecule has 3 rings (SSSR count). The number of ether oxygens (including phenoxy) is 3. The molecule has 0 saturated heterocycles. The van der Waals surface area contributed by atoms with Gasteiger partial charge in [-0.05, 0) is 30.3 Å². The van der Waals surface area contributed by atoms with Crippen molar-refractivity contribution in [2.45, 2.75) is 0 Å². The lowest BCUT2D eigenvalue weighted by atomic mass is 10.1. The van der Waals surface area contributed by atoms with Gasteiger partial charge in [-0.1, -0.05) is 0 Å². The molecule has 0 N–H and O–H groups in total. The van der Waals surface area contributed by atoms with Crippen LogP contribution in [0, 0.1) is 5.82 Å². The first-order chi connectivity index (χ1) is 12.9. The summed E-state index contributed by atoms with van der Waals surface area (Å²) in [5.74, 6) is -0.0363. The number of halogens is 1. The Balaban J connectivity index is 2.32. The fraction of sp³-hybridized carbons (Fsp3) is 0.250. The molecule has 0 aliphatic carbocycles. The molecule has 0 aliphatic heterocycles. The van der Waals surface area contributed by atoms with Crippen LogP contribution in [-0.4, -0.2) is 35.4 Å². The average molecular weight is 373 g/mol. The quantitative estimate of drug-likeness (QED) is 0.680. The maximum atomic E-state index is 14.8. The number of nitrogens with zero attached hydrogens (tertiary/aromatic N) is 1. The highest BCUT2D eigenvalue weighted by atomic mass is 19.1. The van der Waals surface area contributed by atoms with E-state index >= 15 is 0 Å². The third kappa shape index (κ3) is 3.05. The van der Waals surface area contributed by atoms with Crippen molar-refractivity contribution in [3.63, 3.8) is 0 Å². The van der Waals surface area contributed by atoms with Gasteiger partial charge in [0.1, 0.15) is 5.75 Å². The Morgan fingerprint density at radius 3 is 2.26 bits per heavy atom. The fourth-order valence-corrected chi connectivity index (χ4v) is 2.92. The van der Waals surface area contributed by atoms with Crippen LogP contribution in [0.5, 0.6) is 17.2 Å². The maximum Gasteiger partial charge on any atom is 0.229 e. The number of hydrogen-bond acceptors (Lipinski definition) is 6. The Morgan fingerprint density at radius 2 is 1.67 bits per heavy atom. The van der Waals surface area contributed by atoms with Gasteiger partial charge in [-0.3, -0.25) is 4.79 Å². The summed E-state index contributed by atoms with van der Waals surface area (Å²) in [6, 6.07) is 8.03. The van der Waals surface area contributed by atoms with Gasteiger partial charge in [0.05, 0.1) is 32.4 Å². The molecule has 1 heterocycles. The summed E-state index contributed by atoms with van der Waals surface area (Å²) in [5.41, 5.74) is 0.527. The lowest BCUT2D eigenvalue weighted by Gasteiger charge is -2.17. The fourth-order valence-electron chi connectivity index (χ4n) is 2.92. The van der Waals surface area contributed by atoms with Crippen LogP contribution >= 0.6 is 0 Å². The number of methoxy groups -OCH3 is 3. The SMILES string of the molecule is COc1cc(-c2oc3c(OC)c(OC)ccc3c(=O)c2F)ccc1N(C)C. The molecule has 7 heteroatoms. The summed E-state index contributed by atoms with van der Waals surface area (Å²) in [5, 5.41) is 0.0748. The molecule has 3 aromatic rings. The van der Waals surface area contributed by atoms with Gasteiger partial charge in [-0.2, -0.15) is 4.39 Å². The minimum absolute atomic E-state index is 0.0748. The van der Waals surface area contributed by atoms with Crippen molar-refractivity contribution in [2.24, 2.45) is 0 Å². The number of anilines is 1. The van der Waals surface area contributed by atoms with Gasteiger partial charge in [-0.15, -0.1) is 0 Å². The number of rotatable bonds is 5. The molecular formula is C20H20FNO5. The monoisotopic (exact) mass is 373 g/mol. The van der Waals surface area contributed by atoms with Crippen LogP contribution in [0.15, 0.2) is 39.5 Å². The largest absolute Gasteiger partial charge is 0.495 e. The molecule has 0 spiro atoms. The summed E-state index contributed by atoms with van der Waals surface area (Å²) in [4.78, 5) is 14.4. The molecular weight excluding hydrogens is 353 g/mol. The number of benzene rings is 2. The lowest BCUT2D eigenvalue weighted by Crippen LogP contribution is -2.11. The van der Waals surface area contributed by atoms with Crippen molar-refractivity contribution in [3.8, 4) is 28.6 Å². The molecule has 0 amide bonds. The second-order valence-electron chi connectivity index (χ2n) is 6.03.